The first kappa shape index (κ1) is 10.3. The summed E-state index contributed by atoms with van der Waals surface area (Å²) in [4.78, 5) is 0. The van der Waals surface area contributed by atoms with Gasteiger partial charge >= 0.3 is 0 Å². The van der Waals surface area contributed by atoms with Crippen LogP contribution in [-0.2, 0) is 0 Å². The summed E-state index contributed by atoms with van der Waals surface area (Å²) in [5.41, 5.74) is 0. The van der Waals surface area contributed by atoms with Crippen molar-refractivity contribution in [1.82, 2.24) is 0 Å². The Morgan fingerprint density at radius 1 is 1.20 bits per heavy atom. The van der Waals surface area contributed by atoms with Gasteiger partial charge in [0.2, 0.25) is 0 Å². The zero-order valence-corrected chi connectivity index (χ0v) is 8.12. The third kappa shape index (κ3) is 6.41. The lowest BCUT2D eigenvalue weighted by molar-refractivity contribution is 0.483. The number of hydrogen-bond donors (Lipinski definition) is 0. The quantitative estimate of drug-likeness (QED) is 0.539. The van der Waals surface area contributed by atoms with Crippen molar-refractivity contribution in [3.63, 3.8) is 0 Å². The molecule has 0 aromatic carbocycles. The molecule has 0 saturated carbocycles. The second kappa shape index (κ2) is 6.03. The summed E-state index contributed by atoms with van der Waals surface area (Å²) in [6.45, 7) is 6.62. The summed E-state index contributed by atoms with van der Waals surface area (Å²) in [7, 11) is 0. The van der Waals surface area contributed by atoms with E-state index in [1.165, 1.54) is 25.7 Å². The first-order chi connectivity index (χ1) is 4.66. The molecule has 0 aliphatic heterocycles. The predicted molar refractivity (Wildman–Crippen MR) is 48.6 cm³/mol. The largest absolute Gasteiger partial charge is 0.123 e. The fourth-order valence-electron chi connectivity index (χ4n) is 0.952. The Bertz CT molecular complexity index is 69.1. The van der Waals surface area contributed by atoms with Crippen molar-refractivity contribution in [3.05, 3.63) is 0 Å². The summed E-state index contributed by atoms with van der Waals surface area (Å²) < 4.78 is 0. The Hall–Kier alpha value is 0.290. The van der Waals surface area contributed by atoms with Gasteiger partial charge in [0.25, 0.3) is 0 Å². The highest BCUT2D eigenvalue weighted by Gasteiger charge is 2.00. The minimum Gasteiger partial charge on any atom is -0.123 e. The summed E-state index contributed by atoms with van der Waals surface area (Å²) in [6.07, 6.45) is 5.11. The van der Waals surface area contributed by atoms with Gasteiger partial charge in [0.15, 0.2) is 0 Å². The topological polar surface area (TPSA) is 0 Å². The van der Waals surface area contributed by atoms with Crippen LogP contribution in [-0.4, -0.2) is 5.38 Å². The van der Waals surface area contributed by atoms with Gasteiger partial charge in [-0.1, -0.05) is 33.1 Å². The lowest BCUT2D eigenvalue weighted by Crippen LogP contribution is -1.95. The molecule has 10 heavy (non-hydrogen) atoms. The minimum atomic E-state index is 0.365. The van der Waals surface area contributed by atoms with Gasteiger partial charge < -0.3 is 0 Å². The summed E-state index contributed by atoms with van der Waals surface area (Å²) >= 11 is 5.80. The summed E-state index contributed by atoms with van der Waals surface area (Å²) in [5.74, 6) is 0.885. The Kier molecular flexibility index (Phi) is 6.20. The van der Waals surface area contributed by atoms with Gasteiger partial charge in [0.05, 0.1) is 0 Å². The van der Waals surface area contributed by atoms with Crippen LogP contribution in [0.1, 0.15) is 46.5 Å². The monoisotopic (exact) mass is 162 g/mol. The first-order valence-electron chi connectivity index (χ1n) is 4.30. The molecule has 0 amide bonds. The molecule has 0 heterocycles. The van der Waals surface area contributed by atoms with Crippen LogP contribution < -0.4 is 0 Å². The van der Waals surface area contributed by atoms with Crippen LogP contribution >= 0.6 is 11.6 Å². The van der Waals surface area contributed by atoms with Gasteiger partial charge in [-0.25, -0.2) is 0 Å². The van der Waals surface area contributed by atoms with Crippen LogP contribution in [0.15, 0.2) is 0 Å². The molecule has 0 N–H and O–H groups in total. The van der Waals surface area contributed by atoms with Gasteiger partial charge in [-0.05, 0) is 19.3 Å². The zero-order valence-electron chi connectivity index (χ0n) is 7.36. The molecule has 62 valence electrons. The summed E-state index contributed by atoms with van der Waals surface area (Å²) in [5, 5.41) is 0.365. The number of alkyl halides is 1. The van der Waals surface area contributed by atoms with E-state index in [1.807, 2.05) is 0 Å². The smallest absolute Gasteiger partial charge is 0.0307 e. The van der Waals surface area contributed by atoms with Gasteiger partial charge in [-0.15, -0.1) is 11.6 Å². The van der Waals surface area contributed by atoms with E-state index >= 15 is 0 Å². The van der Waals surface area contributed by atoms with Crippen LogP contribution in [0.5, 0.6) is 0 Å². The predicted octanol–water partition coefficient (Wildman–Crippen LogP) is 3.83. The highest BCUT2D eigenvalue weighted by Crippen LogP contribution is 2.13. The number of rotatable bonds is 5. The fourth-order valence-corrected chi connectivity index (χ4v) is 1.11. The normalized spacial score (nSPS) is 16.8. The fraction of sp³-hybridized carbons (Fsp3) is 1.00. The van der Waals surface area contributed by atoms with E-state index in [-0.39, 0.29) is 0 Å². The first-order valence-corrected chi connectivity index (χ1v) is 4.74. The molecule has 0 aliphatic carbocycles. The minimum absolute atomic E-state index is 0.365. The lowest BCUT2D eigenvalue weighted by Gasteiger charge is -2.07. The van der Waals surface area contributed by atoms with E-state index in [9.17, 15) is 0 Å². The van der Waals surface area contributed by atoms with E-state index < -0.39 is 0 Å². The standard InChI is InChI=1S/C9H19Cl/c1-4-8(2)6-5-7-9(3)10/h8-9H,4-7H2,1-3H3. The van der Waals surface area contributed by atoms with Gasteiger partial charge in [0.1, 0.15) is 0 Å². The maximum Gasteiger partial charge on any atom is 0.0307 e. The van der Waals surface area contributed by atoms with Gasteiger partial charge in [-0.2, -0.15) is 0 Å². The molecule has 0 nitrogen and oxygen atoms in total. The highest BCUT2D eigenvalue weighted by atomic mass is 35.5. The van der Waals surface area contributed by atoms with Crippen molar-refractivity contribution >= 4 is 11.6 Å². The molecule has 0 fully saturated rings. The van der Waals surface area contributed by atoms with Crippen molar-refractivity contribution < 1.29 is 0 Å². The molecule has 1 heteroatoms. The highest BCUT2D eigenvalue weighted by molar-refractivity contribution is 6.20. The molecule has 2 atom stereocenters. The SMILES string of the molecule is CCC(C)CCCC(C)Cl. The third-order valence-corrected chi connectivity index (χ3v) is 2.21. The van der Waals surface area contributed by atoms with E-state index in [2.05, 4.69) is 20.8 Å². The van der Waals surface area contributed by atoms with Crippen molar-refractivity contribution in [2.45, 2.75) is 51.8 Å². The van der Waals surface area contributed by atoms with Crippen LogP contribution in [0.4, 0.5) is 0 Å². The maximum atomic E-state index is 5.80. The molecule has 0 aliphatic rings. The van der Waals surface area contributed by atoms with Crippen LogP contribution in [0.2, 0.25) is 0 Å². The van der Waals surface area contributed by atoms with Crippen LogP contribution in [0.25, 0.3) is 0 Å². The molecular formula is C9H19Cl. The molecule has 0 spiro atoms. The second-order valence-corrected chi connectivity index (χ2v) is 3.97. The number of hydrogen-bond acceptors (Lipinski definition) is 0. The molecule has 0 bridgehead atoms. The summed E-state index contributed by atoms with van der Waals surface area (Å²) in [6, 6.07) is 0. The second-order valence-electron chi connectivity index (χ2n) is 3.23. The molecule has 0 aromatic heterocycles. The average molecular weight is 163 g/mol. The lowest BCUT2D eigenvalue weighted by atomic mass is 10.0. The van der Waals surface area contributed by atoms with E-state index in [0.29, 0.717) is 5.38 Å². The Labute approximate surface area is 70.0 Å². The van der Waals surface area contributed by atoms with E-state index in [1.54, 1.807) is 0 Å². The van der Waals surface area contributed by atoms with Crippen LogP contribution in [0, 0.1) is 5.92 Å². The molecule has 0 rings (SSSR count). The molecular weight excluding hydrogens is 144 g/mol. The maximum absolute atomic E-state index is 5.80. The third-order valence-electron chi connectivity index (χ3n) is 2.00. The van der Waals surface area contributed by atoms with E-state index in [4.69, 9.17) is 11.6 Å². The van der Waals surface area contributed by atoms with Crippen molar-refractivity contribution in [3.8, 4) is 0 Å². The van der Waals surface area contributed by atoms with E-state index in [0.717, 1.165) is 5.92 Å². The Morgan fingerprint density at radius 2 is 1.80 bits per heavy atom. The van der Waals surface area contributed by atoms with Gasteiger partial charge in [0, 0.05) is 5.38 Å². The number of halogens is 1. The van der Waals surface area contributed by atoms with Crippen molar-refractivity contribution in [2.24, 2.45) is 5.92 Å². The van der Waals surface area contributed by atoms with Crippen molar-refractivity contribution in [1.29, 1.82) is 0 Å². The molecule has 0 aromatic rings. The zero-order chi connectivity index (χ0) is 7.98. The van der Waals surface area contributed by atoms with Gasteiger partial charge in [-0.3, -0.25) is 0 Å². The molecule has 0 saturated heterocycles. The van der Waals surface area contributed by atoms with Crippen LogP contribution in [0.3, 0.4) is 0 Å². The average Bonchev–Trinajstić information content (AvgIpc) is 1.87. The van der Waals surface area contributed by atoms with Crippen molar-refractivity contribution in [2.75, 3.05) is 0 Å². The Balaban J connectivity index is 3.03. The molecule has 2 unspecified atom stereocenters. The Morgan fingerprint density at radius 3 is 2.20 bits per heavy atom. The molecule has 0 radical (unpaired) electrons.